The zero-order valence-corrected chi connectivity index (χ0v) is 3.97. The summed E-state index contributed by atoms with van der Waals surface area (Å²) in [7, 11) is 0. The summed E-state index contributed by atoms with van der Waals surface area (Å²) in [6.07, 6.45) is 0. The van der Waals surface area contributed by atoms with Crippen LogP contribution in [0.15, 0.2) is 18.2 Å². The lowest BCUT2D eigenvalue weighted by molar-refractivity contribution is -0.275. The van der Waals surface area contributed by atoms with Crippen LogP contribution in [0.4, 0.5) is 4.39 Å². The van der Waals surface area contributed by atoms with Crippen molar-refractivity contribution in [3.63, 3.8) is 0 Å². The molecule has 0 unspecified atom stereocenters. The van der Waals surface area contributed by atoms with E-state index in [1.807, 2.05) is 0 Å². The molecule has 2 nitrogen and oxygen atoms in total. The van der Waals surface area contributed by atoms with Gasteiger partial charge in [-0.15, -0.1) is 0 Å². The molecular formula is C5H3FNO-. The van der Waals surface area contributed by atoms with Crippen molar-refractivity contribution < 1.29 is 9.50 Å². The zero-order valence-electron chi connectivity index (χ0n) is 3.97. The summed E-state index contributed by atoms with van der Waals surface area (Å²) in [4.78, 5) is 2.95. The van der Waals surface area contributed by atoms with Gasteiger partial charge in [0, 0.05) is 0 Å². The number of hydrogen-bond donors (Lipinski definition) is 0. The van der Waals surface area contributed by atoms with E-state index in [1.165, 1.54) is 12.1 Å². The number of nitrogens with zero attached hydrogens (tertiary/aromatic N) is 1. The minimum absolute atomic E-state index is 0.537. The van der Waals surface area contributed by atoms with Crippen LogP contribution in [0.25, 0.3) is 0 Å². The molecule has 0 atom stereocenters. The fraction of sp³-hybridized carbons (Fsp3) is 0. The van der Waals surface area contributed by atoms with Crippen LogP contribution in [-0.4, -0.2) is 4.98 Å². The number of halogens is 1. The Morgan fingerprint density at radius 1 is 1.50 bits per heavy atom. The third kappa shape index (κ3) is 0.932. The van der Waals surface area contributed by atoms with Crippen LogP contribution >= 0.6 is 0 Å². The van der Waals surface area contributed by atoms with Crippen LogP contribution in [0.2, 0.25) is 0 Å². The van der Waals surface area contributed by atoms with Gasteiger partial charge in [-0.1, -0.05) is 12.1 Å². The highest BCUT2D eigenvalue weighted by Gasteiger charge is 1.82. The Kier molecular flexibility index (Phi) is 1.12. The SMILES string of the molecule is [O-]c1cccc(F)n1. The Morgan fingerprint density at radius 3 is 2.62 bits per heavy atom. The number of rotatable bonds is 0. The summed E-state index contributed by atoms with van der Waals surface area (Å²) in [5.74, 6) is -1.26. The molecular weight excluding hydrogens is 109 g/mol. The quantitative estimate of drug-likeness (QED) is 0.452. The van der Waals surface area contributed by atoms with Crippen LogP contribution in [0.3, 0.4) is 0 Å². The molecule has 1 heterocycles. The first kappa shape index (κ1) is 5.03. The largest absolute Gasteiger partial charge is 0.859 e. The van der Waals surface area contributed by atoms with Gasteiger partial charge in [0.2, 0.25) is 5.95 Å². The molecule has 0 aliphatic carbocycles. The molecule has 0 fully saturated rings. The van der Waals surface area contributed by atoms with Crippen molar-refractivity contribution in [1.29, 1.82) is 0 Å². The van der Waals surface area contributed by atoms with E-state index in [0.717, 1.165) is 6.07 Å². The first-order valence-electron chi connectivity index (χ1n) is 2.08. The minimum atomic E-state index is -0.725. The summed E-state index contributed by atoms with van der Waals surface area (Å²) in [5.41, 5.74) is 0. The van der Waals surface area contributed by atoms with Gasteiger partial charge in [-0.25, -0.2) is 4.98 Å². The highest BCUT2D eigenvalue weighted by atomic mass is 19.1. The van der Waals surface area contributed by atoms with Crippen molar-refractivity contribution in [2.24, 2.45) is 0 Å². The number of pyridine rings is 1. The molecule has 0 saturated carbocycles. The molecule has 42 valence electrons. The Hall–Kier alpha value is -1.12. The minimum Gasteiger partial charge on any atom is -0.859 e. The molecule has 0 saturated heterocycles. The summed E-state index contributed by atoms with van der Waals surface area (Å²) < 4.78 is 11.9. The Bertz CT molecular complexity index is 172. The molecule has 0 amide bonds. The lowest BCUT2D eigenvalue weighted by atomic mass is 10.5. The lowest BCUT2D eigenvalue weighted by Crippen LogP contribution is -1.93. The van der Waals surface area contributed by atoms with Crippen molar-refractivity contribution in [2.75, 3.05) is 0 Å². The van der Waals surface area contributed by atoms with Crippen LogP contribution in [-0.2, 0) is 0 Å². The van der Waals surface area contributed by atoms with Crippen LogP contribution < -0.4 is 5.11 Å². The Labute approximate surface area is 45.6 Å². The predicted octanol–water partition coefficient (Wildman–Crippen LogP) is 0.294. The summed E-state index contributed by atoms with van der Waals surface area (Å²) in [5, 5.41) is 10.1. The van der Waals surface area contributed by atoms with Crippen molar-refractivity contribution in [1.82, 2.24) is 4.98 Å². The molecule has 0 N–H and O–H groups in total. The van der Waals surface area contributed by atoms with E-state index < -0.39 is 11.8 Å². The van der Waals surface area contributed by atoms with Gasteiger partial charge in [-0.05, 0) is 11.9 Å². The van der Waals surface area contributed by atoms with E-state index in [-0.39, 0.29) is 0 Å². The summed E-state index contributed by atoms with van der Waals surface area (Å²) in [6.45, 7) is 0. The Morgan fingerprint density at radius 2 is 2.25 bits per heavy atom. The van der Waals surface area contributed by atoms with Crippen molar-refractivity contribution in [2.45, 2.75) is 0 Å². The second kappa shape index (κ2) is 1.78. The van der Waals surface area contributed by atoms with Gasteiger partial charge in [0.1, 0.15) is 0 Å². The Balaban J connectivity index is 3.08. The van der Waals surface area contributed by atoms with E-state index in [9.17, 15) is 9.50 Å². The molecule has 0 aliphatic rings. The van der Waals surface area contributed by atoms with Gasteiger partial charge in [-0.2, -0.15) is 4.39 Å². The van der Waals surface area contributed by atoms with Gasteiger partial charge in [0.25, 0.3) is 0 Å². The maximum absolute atomic E-state index is 11.9. The van der Waals surface area contributed by atoms with Crippen LogP contribution in [0.5, 0.6) is 5.88 Å². The van der Waals surface area contributed by atoms with Gasteiger partial charge in [0.15, 0.2) is 0 Å². The molecule has 0 aliphatic heterocycles. The maximum Gasteiger partial charge on any atom is 0.212 e. The van der Waals surface area contributed by atoms with E-state index in [2.05, 4.69) is 4.98 Å². The van der Waals surface area contributed by atoms with E-state index >= 15 is 0 Å². The normalized spacial score (nSPS) is 9.12. The standard InChI is InChI=1S/C5H4FNO/c6-4-2-1-3-5(8)7-4/h1-3H,(H,7,8)/p-1. The van der Waals surface area contributed by atoms with Gasteiger partial charge in [0.05, 0.1) is 0 Å². The first-order chi connectivity index (χ1) is 3.79. The number of hydrogen-bond acceptors (Lipinski definition) is 2. The number of aromatic nitrogens is 1. The molecule has 8 heavy (non-hydrogen) atoms. The first-order valence-corrected chi connectivity index (χ1v) is 2.08. The van der Waals surface area contributed by atoms with Crippen molar-refractivity contribution >= 4 is 0 Å². The highest BCUT2D eigenvalue weighted by Crippen LogP contribution is 1.97. The zero-order chi connectivity index (χ0) is 5.98. The fourth-order valence-corrected chi connectivity index (χ4v) is 0.390. The highest BCUT2D eigenvalue weighted by molar-refractivity contribution is 5.06. The average Bonchev–Trinajstić information content (AvgIpc) is 1.64. The smallest absolute Gasteiger partial charge is 0.212 e. The lowest BCUT2D eigenvalue weighted by Gasteiger charge is -1.99. The molecule has 1 rings (SSSR count). The van der Waals surface area contributed by atoms with E-state index in [1.54, 1.807) is 0 Å². The van der Waals surface area contributed by atoms with E-state index in [0.29, 0.717) is 0 Å². The molecule has 1 aromatic rings. The average molecular weight is 112 g/mol. The second-order valence-corrected chi connectivity index (χ2v) is 1.30. The van der Waals surface area contributed by atoms with Crippen LogP contribution in [0.1, 0.15) is 0 Å². The molecule has 0 bridgehead atoms. The molecule has 1 aromatic heterocycles. The third-order valence-corrected chi connectivity index (χ3v) is 0.690. The van der Waals surface area contributed by atoms with Crippen LogP contribution in [0, 0.1) is 5.95 Å². The molecule has 0 radical (unpaired) electrons. The summed E-state index contributed by atoms with van der Waals surface area (Å²) in [6, 6.07) is 3.65. The third-order valence-electron chi connectivity index (χ3n) is 0.690. The molecule has 3 heteroatoms. The van der Waals surface area contributed by atoms with E-state index in [4.69, 9.17) is 0 Å². The van der Waals surface area contributed by atoms with Crippen molar-refractivity contribution in [3.05, 3.63) is 24.1 Å². The summed E-state index contributed by atoms with van der Waals surface area (Å²) >= 11 is 0. The second-order valence-electron chi connectivity index (χ2n) is 1.30. The van der Waals surface area contributed by atoms with Gasteiger partial charge < -0.3 is 5.11 Å². The van der Waals surface area contributed by atoms with Gasteiger partial charge in [-0.3, -0.25) is 0 Å². The fourth-order valence-electron chi connectivity index (χ4n) is 0.390. The predicted molar refractivity (Wildman–Crippen MR) is 23.6 cm³/mol. The molecule has 0 aromatic carbocycles. The maximum atomic E-state index is 11.9. The topological polar surface area (TPSA) is 36.0 Å². The molecule has 0 spiro atoms. The monoisotopic (exact) mass is 112 g/mol. The van der Waals surface area contributed by atoms with Crippen molar-refractivity contribution in [3.8, 4) is 5.88 Å². The van der Waals surface area contributed by atoms with Gasteiger partial charge >= 0.3 is 0 Å².